The Morgan fingerprint density at radius 1 is 1.10 bits per heavy atom. The molecule has 4 nitrogen and oxygen atoms in total. The van der Waals surface area contributed by atoms with Crippen molar-refractivity contribution in [3.63, 3.8) is 0 Å². The first-order valence-electron chi connectivity index (χ1n) is 7.70. The molecule has 1 aromatic rings. The average molecular weight is 287 g/mol. The quantitative estimate of drug-likeness (QED) is 0.923. The van der Waals surface area contributed by atoms with Gasteiger partial charge in [-0.3, -0.25) is 9.59 Å². The highest BCUT2D eigenvalue weighted by Gasteiger charge is 2.50. The van der Waals surface area contributed by atoms with Gasteiger partial charge in [0.25, 0.3) is 0 Å². The smallest absolute Gasteiger partial charge is 0.307 e. The van der Waals surface area contributed by atoms with E-state index in [2.05, 4.69) is 24.3 Å². The summed E-state index contributed by atoms with van der Waals surface area (Å²) in [5.41, 5.74) is 1.36. The van der Waals surface area contributed by atoms with Crippen LogP contribution in [0.25, 0.3) is 0 Å². The van der Waals surface area contributed by atoms with Gasteiger partial charge < -0.3 is 10.0 Å². The largest absolute Gasteiger partial charge is 0.481 e. The van der Waals surface area contributed by atoms with E-state index in [1.807, 2.05) is 11.0 Å². The number of nitrogens with zero attached hydrogens (tertiary/aromatic N) is 1. The monoisotopic (exact) mass is 287 g/mol. The zero-order chi connectivity index (χ0) is 14.8. The van der Waals surface area contributed by atoms with E-state index in [-0.39, 0.29) is 11.8 Å². The third-order valence-corrected chi connectivity index (χ3v) is 4.72. The highest BCUT2D eigenvalue weighted by atomic mass is 16.4. The third-order valence-electron chi connectivity index (χ3n) is 4.72. The SMILES string of the molecule is O=C(O)C1CC1C(=O)N1CCC(Cc2ccccc2)CC1. The van der Waals surface area contributed by atoms with Crippen LogP contribution in [-0.4, -0.2) is 35.0 Å². The third kappa shape index (κ3) is 3.26. The number of carboxylic acids is 1. The van der Waals surface area contributed by atoms with E-state index in [0.717, 1.165) is 32.4 Å². The maximum absolute atomic E-state index is 12.2. The second kappa shape index (κ2) is 5.88. The molecular weight excluding hydrogens is 266 g/mol. The molecule has 0 spiro atoms. The Morgan fingerprint density at radius 2 is 1.76 bits per heavy atom. The number of carbonyl (C=O) groups excluding carboxylic acids is 1. The Morgan fingerprint density at radius 3 is 2.33 bits per heavy atom. The average Bonchev–Trinajstić information content (AvgIpc) is 3.29. The molecule has 2 aliphatic rings. The summed E-state index contributed by atoms with van der Waals surface area (Å²) in [6, 6.07) is 10.5. The molecule has 1 aliphatic carbocycles. The van der Waals surface area contributed by atoms with Crippen molar-refractivity contribution in [2.24, 2.45) is 17.8 Å². The van der Waals surface area contributed by atoms with Gasteiger partial charge in [0.2, 0.25) is 5.91 Å². The van der Waals surface area contributed by atoms with E-state index in [4.69, 9.17) is 5.11 Å². The van der Waals surface area contributed by atoms with Gasteiger partial charge in [0, 0.05) is 13.1 Å². The minimum Gasteiger partial charge on any atom is -0.481 e. The summed E-state index contributed by atoms with van der Waals surface area (Å²) in [5.74, 6) is -0.827. The summed E-state index contributed by atoms with van der Waals surface area (Å²) in [4.78, 5) is 24.9. The van der Waals surface area contributed by atoms with Gasteiger partial charge in [0.05, 0.1) is 11.8 Å². The molecule has 2 fully saturated rings. The fraction of sp³-hybridized carbons (Fsp3) is 0.529. The fourth-order valence-corrected chi connectivity index (χ4v) is 3.28. The molecule has 3 rings (SSSR count). The number of carbonyl (C=O) groups is 2. The van der Waals surface area contributed by atoms with Crippen LogP contribution in [0.15, 0.2) is 30.3 Å². The van der Waals surface area contributed by atoms with Gasteiger partial charge in [-0.25, -0.2) is 0 Å². The topological polar surface area (TPSA) is 57.6 Å². The standard InChI is InChI=1S/C17H21NO3/c19-16(14-11-15(14)17(20)21)18-8-6-13(7-9-18)10-12-4-2-1-3-5-12/h1-5,13-15H,6-11H2,(H,20,21). The number of aliphatic carboxylic acids is 1. The Balaban J connectivity index is 1.47. The van der Waals surface area contributed by atoms with Crippen LogP contribution in [0.2, 0.25) is 0 Å². The number of hydrogen-bond acceptors (Lipinski definition) is 2. The molecule has 4 heteroatoms. The molecule has 1 heterocycles. The zero-order valence-electron chi connectivity index (χ0n) is 12.1. The normalized spacial score (nSPS) is 25.6. The first-order valence-corrected chi connectivity index (χ1v) is 7.70. The Bertz CT molecular complexity index is 520. The van der Waals surface area contributed by atoms with E-state index in [1.165, 1.54) is 5.56 Å². The number of piperidine rings is 1. The van der Waals surface area contributed by atoms with Crippen molar-refractivity contribution in [3.8, 4) is 0 Å². The van der Waals surface area contributed by atoms with Crippen LogP contribution in [0.3, 0.4) is 0 Å². The molecule has 21 heavy (non-hydrogen) atoms. The fourth-order valence-electron chi connectivity index (χ4n) is 3.28. The molecule has 0 radical (unpaired) electrons. The number of hydrogen-bond donors (Lipinski definition) is 1. The summed E-state index contributed by atoms with van der Waals surface area (Å²) < 4.78 is 0. The summed E-state index contributed by atoms with van der Waals surface area (Å²) in [6.07, 6.45) is 3.64. The van der Waals surface area contributed by atoms with Crippen molar-refractivity contribution in [2.45, 2.75) is 25.7 Å². The van der Waals surface area contributed by atoms with Gasteiger partial charge in [-0.05, 0) is 37.2 Å². The lowest BCUT2D eigenvalue weighted by Gasteiger charge is -2.32. The number of carboxylic acid groups (broad SMARTS) is 1. The van der Waals surface area contributed by atoms with Crippen LogP contribution in [0, 0.1) is 17.8 Å². The minimum absolute atomic E-state index is 0.0561. The molecule has 1 aliphatic heterocycles. The van der Waals surface area contributed by atoms with Crippen molar-refractivity contribution < 1.29 is 14.7 Å². The zero-order valence-corrected chi connectivity index (χ0v) is 12.1. The maximum Gasteiger partial charge on any atom is 0.307 e. The molecule has 1 N–H and O–H groups in total. The Hall–Kier alpha value is -1.84. The van der Waals surface area contributed by atoms with Gasteiger partial charge in [0.1, 0.15) is 0 Å². The van der Waals surface area contributed by atoms with Crippen LogP contribution >= 0.6 is 0 Å². The highest BCUT2D eigenvalue weighted by Crippen LogP contribution is 2.40. The second-order valence-corrected chi connectivity index (χ2v) is 6.25. The van der Waals surface area contributed by atoms with Gasteiger partial charge >= 0.3 is 5.97 Å². The van der Waals surface area contributed by atoms with Crippen LogP contribution in [0.5, 0.6) is 0 Å². The van der Waals surface area contributed by atoms with Gasteiger partial charge in [-0.2, -0.15) is 0 Å². The maximum atomic E-state index is 12.2. The lowest BCUT2D eigenvalue weighted by Crippen LogP contribution is -2.40. The van der Waals surface area contributed by atoms with Crippen LogP contribution in [0.4, 0.5) is 0 Å². The van der Waals surface area contributed by atoms with Crippen LogP contribution in [0.1, 0.15) is 24.8 Å². The molecule has 0 aromatic heterocycles. The molecule has 2 unspecified atom stereocenters. The highest BCUT2D eigenvalue weighted by molar-refractivity contribution is 5.89. The van der Waals surface area contributed by atoms with E-state index < -0.39 is 11.9 Å². The number of likely N-dealkylation sites (tertiary alicyclic amines) is 1. The number of benzene rings is 1. The van der Waals surface area contributed by atoms with Crippen molar-refractivity contribution >= 4 is 11.9 Å². The number of amides is 1. The van der Waals surface area contributed by atoms with Crippen LogP contribution in [-0.2, 0) is 16.0 Å². The first kappa shape index (κ1) is 14.1. The molecule has 112 valence electrons. The predicted octanol–water partition coefficient (Wildman–Crippen LogP) is 2.19. The van der Waals surface area contributed by atoms with Gasteiger partial charge in [-0.1, -0.05) is 30.3 Å². The molecule has 1 saturated carbocycles. The lowest BCUT2D eigenvalue weighted by atomic mass is 9.90. The first-order chi connectivity index (χ1) is 10.1. The molecule has 1 amide bonds. The molecule has 0 bridgehead atoms. The summed E-state index contributed by atoms with van der Waals surface area (Å²) in [6.45, 7) is 1.55. The molecule has 1 saturated heterocycles. The van der Waals surface area contributed by atoms with E-state index in [9.17, 15) is 9.59 Å². The van der Waals surface area contributed by atoms with Gasteiger partial charge in [0.15, 0.2) is 0 Å². The van der Waals surface area contributed by atoms with E-state index in [0.29, 0.717) is 12.3 Å². The molecular formula is C17H21NO3. The van der Waals surface area contributed by atoms with Crippen molar-refractivity contribution in [1.29, 1.82) is 0 Å². The number of rotatable bonds is 4. The van der Waals surface area contributed by atoms with Crippen LogP contribution < -0.4 is 0 Å². The van der Waals surface area contributed by atoms with Crippen molar-refractivity contribution in [2.75, 3.05) is 13.1 Å². The summed E-state index contributed by atoms with van der Waals surface area (Å²) in [5, 5.41) is 8.91. The molecule has 2 atom stereocenters. The van der Waals surface area contributed by atoms with Crippen molar-refractivity contribution in [1.82, 2.24) is 4.90 Å². The summed E-state index contributed by atoms with van der Waals surface area (Å²) >= 11 is 0. The second-order valence-electron chi connectivity index (χ2n) is 6.25. The molecule has 1 aromatic carbocycles. The predicted molar refractivity (Wildman–Crippen MR) is 78.7 cm³/mol. The summed E-state index contributed by atoms with van der Waals surface area (Å²) in [7, 11) is 0. The Kier molecular flexibility index (Phi) is 3.95. The van der Waals surface area contributed by atoms with Crippen molar-refractivity contribution in [3.05, 3.63) is 35.9 Å². The Labute approximate surface area is 124 Å². The van der Waals surface area contributed by atoms with Gasteiger partial charge in [-0.15, -0.1) is 0 Å². The van der Waals surface area contributed by atoms with E-state index in [1.54, 1.807) is 0 Å². The minimum atomic E-state index is -0.827. The lowest BCUT2D eigenvalue weighted by molar-refractivity contribution is -0.142. The van der Waals surface area contributed by atoms with E-state index >= 15 is 0 Å².